The van der Waals surface area contributed by atoms with Crippen LogP contribution in [0.2, 0.25) is 0 Å². The molecule has 0 bridgehead atoms. The molecule has 0 spiro atoms. The predicted octanol–water partition coefficient (Wildman–Crippen LogP) is 5.32. The highest BCUT2D eigenvalue weighted by Gasteiger charge is 2.44. The van der Waals surface area contributed by atoms with E-state index in [0.29, 0.717) is 30.5 Å². The Kier molecular flexibility index (Phi) is 7.07. The van der Waals surface area contributed by atoms with Gasteiger partial charge in [-0.05, 0) is 48.9 Å². The van der Waals surface area contributed by atoms with Crippen LogP contribution in [0.5, 0.6) is 0 Å². The van der Waals surface area contributed by atoms with Crippen molar-refractivity contribution >= 4 is 38.6 Å². The first-order valence-corrected chi connectivity index (χ1v) is 13.4. The van der Waals surface area contributed by atoms with Gasteiger partial charge in [0.25, 0.3) is 0 Å². The standard InChI is InChI=1S/C21H24ClF3N2O3S2/c22-8-2-10-32(28,29)26-12-14-5-6-15-19(18-3-1-9-31-18)27-17-7-4-13(21(23,24)25)11-16(17)20(15)30-14/h1,3-4,7,9,11,14-15,19-20,26-27H,2,5-6,8,10,12H2/t14-,15+,19-,20+/m1/s1. The molecular formula is C21H24ClF3N2O3S2. The number of benzene rings is 1. The fourth-order valence-electron chi connectivity index (χ4n) is 4.37. The SMILES string of the molecule is O=S(=O)(CCCCl)NC[C@H]1CC[C@@H]2[C@H](O1)c1cc(C(F)(F)F)ccc1N[C@H]2c1cccs1. The van der Waals surface area contributed by atoms with Crippen LogP contribution in [-0.2, 0) is 20.9 Å². The third kappa shape index (κ3) is 5.25. The molecule has 2 N–H and O–H groups in total. The number of nitrogens with one attached hydrogen (secondary N) is 2. The van der Waals surface area contributed by atoms with Crippen molar-refractivity contribution in [3.8, 4) is 0 Å². The lowest BCUT2D eigenvalue weighted by Gasteiger charge is -2.45. The van der Waals surface area contributed by atoms with Crippen molar-refractivity contribution in [1.82, 2.24) is 4.72 Å². The number of hydrogen-bond acceptors (Lipinski definition) is 5. The minimum Gasteiger partial charge on any atom is -0.377 e. The predicted molar refractivity (Wildman–Crippen MR) is 120 cm³/mol. The van der Waals surface area contributed by atoms with Crippen LogP contribution in [0.1, 0.15) is 47.4 Å². The maximum absolute atomic E-state index is 13.4. The summed E-state index contributed by atoms with van der Waals surface area (Å²) < 4.78 is 73.1. The molecule has 0 amide bonds. The molecule has 32 heavy (non-hydrogen) atoms. The summed E-state index contributed by atoms with van der Waals surface area (Å²) in [5, 5.41) is 5.38. The largest absolute Gasteiger partial charge is 0.416 e. The molecule has 0 saturated carbocycles. The zero-order valence-corrected chi connectivity index (χ0v) is 19.5. The van der Waals surface area contributed by atoms with Crippen LogP contribution in [0.25, 0.3) is 0 Å². The van der Waals surface area contributed by atoms with E-state index in [2.05, 4.69) is 10.0 Å². The molecule has 0 aliphatic carbocycles. The van der Waals surface area contributed by atoms with E-state index in [0.717, 1.165) is 17.0 Å². The summed E-state index contributed by atoms with van der Waals surface area (Å²) in [6, 6.07) is 7.55. The molecule has 4 rings (SSSR count). The summed E-state index contributed by atoms with van der Waals surface area (Å²) in [6.07, 6.45) is -3.80. The van der Waals surface area contributed by atoms with Crippen LogP contribution in [0.3, 0.4) is 0 Å². The minimum absolute atomic E-state index is 0.0614. The van der Waals surface area contributed by atoms with Gasteiger partial charge in [0.05, 0.1) is 29.6 Å². The van der Waals surface area contributed by atoms with Crippen LogP contribution >= 0.6 is 22.9 Å². The van der Waals surface area contributed by atoms with E-state index >= 15 is 0 Å². The first kappa shape index (κ1) is 23.8. The highest BCUT2D eigenvalue weighted by Crippen LogP contribution is 2.51. The lowest BCUT2D eigenvalue weighted by Crippen LogP contribution is -2.43. The Morgan fingerprint density at radius 2 is 2.06 bits per heavy atom. The molecule has 176 valence electrons. The summed E-state index contributed by atoms with van der Waals surface area (Å²) >= 11 is 7.17. The smallest absolute Gasteiger partial charge is 0.377 e. The molecule has 2 aromatic rings. The zero-order chi connectivity index (χ0) is 22.9. The van der Waals surface area contributed by atoms with Gasteiger partial charge < -0.3 is 10.1 Å². The summed E-state index contributed by atoms with van der Waals surface area (Å²) in [7, 11) is -3.48. The number of anilines is 1. The van der Waals surface area contributed by atoms with E-state index in [1.165, 1.54) is 6.07 Å². The van der Waals surface area contributed by atoms with Crippen LogP contribution in [-0.4, -0.2) is 32.7 Å². The maximum atomic E-state index is 13.4. The maximum Gasteiger partial charge on any atom is 0.416 e. The first-order valence-electron chi connectivity index (χ1n) is 10.4. The molecule has 5 nitrogen and oxygen atoms in total. The van der Waals surface area contributed by atoms with Gasteiger partial charge in [0.2, 0.25) is 10.0 Å². The molecule has 1 aromatic heterocycles. The van der Waals surface area contributed by atoms with E-state index in [1.807, 2.05) is 17.5 Å². The van der Waals surface area contributed by atoms with E-state index in [-0.39, 0.29) is 30.1 Å². The Hall–Kier alpha value is -1.33. The van der Waals surface area contributed by atoms with Crippen LogP contribution in [0.15, 0.2) is 35.7 Å². The molecule has 1 saturated heterocycles. The van der Waals surface area contributed by atoms with Gasteiger partial charge in [0.1, 0.15) is 0 Å². The highest BCUT2D eigenvalue weighted by atomic mass is 35.5. The lowest BCUT2D eigenvalue weighted by molar-refractivity contribution is -0.138. The second kappa shape index (κ2) is 9.50. The first-order chi connectivity index (χ1) is 15.2. The molecule has 2 aliphatic rings. The fraction of sp³-hybridized carbons (Fsp3) is 0.524. The summed E-state index contributed by atoms with van der Waals surface area (Å²) in [5.74, 6) is 0.117. The molecule has 11 heteroatoms. The monoisotopic (exact) mass is 508 g/mol. The van der Waals surface area contributed by atoms with Gasteiger partial charge in [-0.25, -0.2) is 13.1 Å². The molecule has 2 aliphatic heterocycles. The van der Waals surface area contributed by atoms with Crippen molar-refractivity contribution in [1.29, 1.82) is 0 Å². The lowest BCUT2D eigenvalue weighted by atomic mass is 9.78. The van der Waals surface area contributed by atoms with Gasteiger partial charge in [-0.2, -0.15) is 13.2 Å². The average molecular weight is 509 g/mol. The van der Waals surface area contributed by atoms with Crippen LogP contribution in [0, 0.1) is 5.92 Å². The third-order valence-electron chi connectivity index (χ3n) is 5.90. The van der Waals surface area contributed by atoms with Crippen molar-refractivity contribution in [3.05, 3.63) is 51.7 Å². The van der Waals surface area contributed by atoms with Gasteiger partial charge in [-0.1, -0.05) is 6.07 Å². The van der Waals surface area contributed by atoms with Crippen LogP contribution < -0.4 is 10.0 Å². The van der Waals surface area contributed by atoms with E-state index in [9.17, 15) is 21.6 Å². The van der Waals surface area contributed by atoms with Gasteiger partial charge in [0.15, 0.2) is 0 Å². The van der Waals surface area contributed by atoms with Crippen molar-refractivity contribution in [2.24, 2.45) is 5.92 Å². The zero-order valence-electron chi connectivity index (χ0n) is 17.1. The molecule has 0 radical (unpaired) electrons. The Morgan fingerprint density at radius 3 is 2.75 bits per heavy atom. The second-order valence-corrected chi connectivity index (χ2v) is 11.4. The number of halogens is 4. The number of alkyl halides is 4. The third-order valence-corrected chi connectivity index (χ3v) is 8.56. The molecule has 1 fully saturated rings. The number of fused-ring (bicyclic) bond motifs is 3. The van der Waals surface area contributed by atoms with Gasteiger partial charge in [0, 0.05) is 34.5 Å². The minimum atomic E-state index is -4.46. The number of sulfonamides is 1. The van der Waals surface area contributed by atoms with E-state index in [1.54, 1.807) is 11.3 Å². The Balaban J connectivity index is 1.59. The summed E-state index contributed by atoms with van der Waals surface area (Å²) in [4.78, 5) is 1.09. The molecule has 1 aromatic carbocycles. The second-order valence-electron chi connectivity index (χ2n) is 8.07. The number of thiophene rings is 1. The number of hydrogen-bond donors (Lipinski definition) is 2. The summed E-state index contributed by atoms with van der Waals surface area (Å²) in [5.41, 5.74) is 0.354. The normalized spacial score (nSPS) is 25.6. The average Bonchev–Trinajstić information content (AvgIpc) is 3.29. The topological polar surface area (TPSA) is 67.4 Å². The van der Waals surface area contributed by atoms with Crippen molar-refractivity contribution in [3.63, 3.8) is 0 Å². The van der Waals surface area contributed by atoms with Crippen molar-refractivity contribution in [2.75, 3.05) is 23.5 Å². The van der Waals surface area contributed by atoms with E-state index in [4.69, 9.17) is 16.3 Å². The molecule has 4 atom stereocenters. The molecule has 0 unspecified atom stereocenters. The van der Waals surface area contributed by atoms with Gasteiger partial charge >= 0.3 is 6.18 Å². The molecular weight excluding hydrogens is 485 g/mol. The molecule has 3 heterocycles. The Morgan fingerprint density at radius 1 is 1.25 bits per heavy atom. The van der Waals surface area contributed by atoms with Gasteiger partial charge in [-0.15, -0.1) is 22.9 Å². The highest BCUT2D eigenvalue weighted by molar-refractivity contribution is 7.89. The Labute approximate surface area is 194 Å². The number of rotatable bonds is 7. The summed E-state index contributed by atoms with van der Waals surface area (Å²) in [6.45, 7) is 0.0826. The number of ether oxygens (including phenoxy) is 1. The fourth-order valence-corrected chi connectivity index (χ4v) is 6.62. The van der Waals surface area contributed by atoms with Gasteiger partial charge in [-0.3, -0.25) is 0 Å². The van der Waals surface area contributed by atoms with Crippen LogP contribution in [0.4, 0.5) is 18.9 Å². The van der Waals surface area contributed by atoms with Crippen molar-refractivity contribution < 1.29 is 26.3 Å². The Bertz CT molecular complexity index is 1030. The van der Waals surface area contributed by atoms with Crippen molar-refractivity contribution in [2.45, 2.75) is 43.7 Å². The van der Waals surface area contributed by atoms with E-state index < -0.39 is 34.0 Å². The quantitative estimate of drug-likeness (QED) is 0.497.